The molecule has 0 aromatic heterocycles. The molecule has 0 aromatic carbocycles. The fourth-order valence-electron chi connectivity index (χ4n) is 1.25. The van der Waals surface area contributed by atoms with Crippen molar-refractivity contribution in [1.82, 2.24) is 10.6 Å². The number of nitroso groups, excluding NO2 is 1. The van der Waals surface area contributed by atoms with Crippen molar-refractivity contribution >= 4 is 35.7 Å². The Balaban J connectivity index is 0. The third kappa shape index (κ3) is 11.0. The van der Waals surface area contributed by atoms with Crippen molar-refractivity contribution in [2.24, 2.45) is 10.3 Å². The number of aliphatic carboxylic acids is 2. The van der Waals surface area contributed by atoms with E-state index in [2.05, 4.69) is 15.2 Å². The second-order valence-electron chi connectivity index (χ2n) is 4.09. The number of nitrogens with two attached hydrogens (primary N) is 1. The molecule has 0 spiro atoms. The van der Waals surface area contributed by atoms with Crippen LogP contribution >= 0.6 is 11.9 Å². The zero-order valence-electron chi connectivity index (χ0n) is 11.9. The molecule has 2 amide bonds. The van der Waals surface area contributed by atoms with E-state index in [0.29, 0.717) is 11.9 Å². The van der Waals surface area contributed by atoms with Gasteiger partial charge in [-0.15, -0.1) is 4.91 Å². The molecule has 0 bridgehead atoms. The highest BCUT2D eigenvalue weighted by Gasteiger charge is 2.22. The quantitative estimate of drug-likeness (QED) is 0.194. The van der Waals surface area contributed by atoms with Gasteiger partial charge in [0, 0.05) is 28.7 Å². The van der Waals surface area contributed by atoms with Crippen LogP contribution in [-0.4, -0.2) is 63.8 Å². The first-order chi connectivity index (χ1) is 10.3. The molecule has 0 saturated carbocycles. The summed E-state index contributed by atoms with van der Waals surface area (Å²) >= 11 is 0.478. The molecule has 0 unspecified atom stereocenters. The van der Waals surface area contributed by atoms with Crippen LogP contribution in [-0.2, 0) is 19.2 Å². The molecule has 0 radical (unpaired) electrons. The van der Waals surface area contributed by atoms with Gasteiger partial charge in [0.05, 0.1) is 0 Å². The lowest BCUT2D eigenvalue weighted by atomic mass is 10.1. The number of carboxylic acids is 2. The number of carbonyl (C=O) groups excluding carboxylic acids is 2. The van der Waals surface area contributed by atoms with Gasteiger partial charge in [-0.05, 0) is 6.42 Å². The molecule has 0 fully saturated rings. The van der Waals surface area contributed by atoms with E-state index in [0.717, 1.165) is 0 Å². The normalized spacial score (nSPS) is 12.2. The minimum absolute atomic E-state index is 0. The molecular formula is C10H18N4O8S. The minimum atomic E-state index is -1.27. The molecule has 132 valence electrons. The highest BCUT2D eigenvalue weighted by atomic mass is 32.2. The number of carboxylic acid groups (broad SMARTS) is 2. The number of hydrogen-bond acceptors (Lipinski definition) is 8. The summed E-state index contributed by atoms with van der Waals surface area (Å²) in [5.74, 6) is -4.17. The van der Waals surface area contributed by atoms with E-state index in [1.54, 1.807) is 0 Å². The van der Waals surface area contributed by atoms with Gasteiger partial charge in [0.2, 0.25) is 11.8 Å². The van der Waals surface area contributed by atoms with Crippen LogP contribution in [0.5, 0.6) is 0 Å². The SMILES string of the molecule is N[C@@H](CCC(=O)N[C@@H](CSN=O)C(=O)NCC(=O)O)C(=O)O.O. The van der Waals surface area contributed by atoms with E-state index in [-0.39, 0.29) is 24.1 Å². The number of rotatable bonds is 11. The van der Waals surface area contributed by atoms with Crippen molar-refractivity contribution in [1.29, 1.82) is 0 Å². The Morgan fingerprint density at radius 3 is 2.30 bits per heavy atom. The Morgan fingerprint density at radius 2 is 1.83 bits per heavy atom. The molecule has 0 aliphatic heterocycles. The monoisotopic (exact) mass is 354 g/mol. The largest absolute Gasteiger partial charge is 0.480 e. The molecule has 13 heteroatoms. The highest BCUT2D eigenvalue weighted by Crippen LogP contribution is 2.05. The molecule has 8 N–H and O–H groups in total. The van der Waals surface area contributed by atoms with Crippen LogP contribution in [0.1, 0.15) is 12.8 Å². The van der Waals surface area contributed by atoms with Crippen LogP contribution in [0.25, 0.3) is 0 Å². The van der Waals surface area contributed by atoms with E-state index in [4.69, 9.17) is 15.9 Å². The Kier molecular flexibility index (Phi) is 12.3. The lowest BCUT2D eigenvalue weighted by Crippen LogP contribution is -2.49. The highest BCUT2D eigenvalue weighted by molar-refractivity contribution is 7.97. The fraction of sp³-hybridized carbons (Fsp3) is 0.600. The number of nitrogens with zero attached hydrogens (tertiary/aromatic N) is 1. The van der Waals surface area contributed by atoms with Crippen molar-refractivity contribution in [3.8, 4) is 0 Å². The van der Waals surface area contributed by atoms with Crippen LogP contribution in [0.2, 0.25) is 0 Å². The van der Waals surface area contributed by atoms with Crippen LogP contribution in [0.15, 0.2) is 4.58 Å². The van der Waals surface area contributed by atoms with Crippen LogP contribution in [0.4, 0.5) is 0 Å². The van der Waals surface area contributed by atoms with E-state index < -0.39 is 42.4 Å². The molecule has 0 rings (SSSR count). The predicted molar refractivity (Wildman–Crippen MR) is 79.3 cm³/mol. The van der Waals surface area contributed by atoms with Gasteiger partial charge in [-0.2, -0.15) is 0 Å². The maximum absolute atomic E-state index is 11.7. The summed E-state index contributed by atoms with van der Waals surface area (Å²) in [6, 6.07) is -2.38. The summed E-state index contributed by atoms with van der Waals surface area (Å²) < 4.78 is 2.48. The molecule has 0 aliphatic carbocycles. The summed E-state index contributed by atoms with van der Waals surface area (Å²) in [7, 11) is 0. The van der Waals surface area contributed by atoms with Crippen LogP contribution in [0, 0.1) is 4.91 Å². The van der Waals surface area contributed by atoms with E-state index in [1.165, 1.54) is 0 Å². The second-order valence-corrected chi connectivity index (χ2v) is 4.83. The Bertz CT molecular complexity index is 447. The molecule has 0 aromatic rings. The third-order valence-electron chi connectivity index (χ3n) is 2.36. The molecule has 0 heterocycles. The first-order valence-electron chi connectivity index (χ1n) is 5.99. The summed E-state index contributed by atoms with van der Waals surface area (Å²) in [5.41, 5.74) is 5.23. The number of hydrogen-bond donors (Lipinski definition) is 5. The topological polar surface area (TPSA) is 220 Å². The van der Waals surface area contributed by atoms with Crippen LogP contribution < -0.4 is 16.4 Å². The zero-order chi connectivity index (χ0) is 17.1. The van der Waals surface area contributed by atoms with E-state index in [9.17, 15) is 24.1 Å². The molecule has 12 nitrogen and oxygen atoms in total. The lowest BCUT2D eigenvalue weighted by molar-refractivity contribution is -0.139. The Hall–Kier alpha value is -2.25. The van der Waals surface area contributed by atoms with Crippen molar-refractivity contribution in [2.75, 3.05) is 12.3 Å². The first kappa shape index (κ1) is 23.0. The molecule has 0 aliphatic rings. The molecular weight excluding hydrogens is 336 g/mol. The van der Waals surface area contributed by atoms with Gasteiger partial charge in [0.1, 0.15) is 18.6 Å². The molecule has 2 atom stereocenters. The van der Waals surface area contributed by atoms with Crippen molar-refractivity contribution in [3.05, 3.63) is 4.91 Å². The number of amides is 2. The van der Waals surface area contributed by atoms with Gasteiger partial charge in [0.15, 0.2) is 0 Å². The summed E-state index contributed by atoms with van der Waals surface area (Å²) in [6.07, 6.45) is -0.376. The van der Waals surface area contributed by atoms with Gasteiger partial charge < -0.3 is 32.1 Å². The number of carbonyl (C=O) groups is 4. The van der Waals surface area contributed by atoms with E-state index in [1.807, 2.05) is 0 Å². The minimum Gasteiger partial charge on any atom is -0.480 e. The molecule has 23 heavy (non-hydrogen) atoms. The van der Waals surface area contributed by atoms with Crippen molar-refractivity contribution in [3.63, 3.8) is 0 Å². The van der Waals surface area contributed by atoms with Gasteiger partial charge >= 0.3 is 11.9 Å². The molecule has 0 saturated heterocycles. The maximum Gasteiger partial charge on any atom is 0.322 e. The Labute approximate surface area is 134 Å². The zero-order valence-corrected chi connectivity index (χ0v) is 12.7. The van der Waals surface area contributed by atoms with Crippen molar-refractivity contribution in [2.45, 2.75) is 24.9 Å². The van der Waals surface area contributed by atoms with Gasteiger partial charge in [-0.1, -0.05) is 0 Å². The van der Waals surface area contributed by atoms with Crippen LogP contribution in [0.3, 0.4) is 0 Å². The third-order valence-corrected chi connectivity index (χ3v) is 2.95. The van der Waals surface area contributed by atoms with Gasteiger partial charge in [-0.3, -0.25) is 19.2 Å². The summed E-state index contributed by atoms with van der Waals surface area (Å²) in [6.45, 7) is -0.645. The number of nitrogens with one attached hydrogen (secondary N) is 2. The summed E-state index contributed by atoms with van der Waals surface area (Å²) in [5, 5.41) is 21.3. The van der Waals surface area contributed by atoms with Gasteiger partial charge in [0.25, 0.3) is 0 Å². The smallest absolute Gasteiger partial charge is 0.322 e. The maximum atomic E-state index is 11.7. The predicted octanol–water partition coefficient (Wildman–Crippen LogP) is -2.55. The summed E-state index contributed by atoms with van der Waals surface area (Å²) in [4.78, 5) is 54.2. The second kappa shape index (κ2) is 12.3. The van der Waals surface area contributed by atoms with Crippen molar-refractivity contribution < 1.29 is 34.9 Å². The van der Waals surface area contributed by atoms with E-state index >= 15 is 0 Å². The average molecular weight is 354 g/mol. The fourth-order valence-corrected chi connectivity index (χ4v) is 1.70. The standard InChI is InChI=1S/C10H16N4O7S.H2O/c11-5(10(19)20)1-2-7(15)13-6(4-22-14-21)9(18)12-3-8(16)17;/h5-6H,1-4,11H2,(H,12,18)(H,13,15)(H,16,17)(H,19,20);1H2/t5-,6-;/m0./s1. The van der Waals surface area contributed by atoms with Gasteiger partial charge in [-0.25, -0.2) is 0 Å². The Morgan fingerprint density at radius 1 is 1.22 bits per heavy atom. The average Bonchev–Trinajstić information content (AvgIpc) is 2.46. The lowest BCUT2D eigenvalue weighted by Gasteiger charge is -2.16. The first-order valence-corrected chi connectivity index (χ1v) is 6.94.